The summed E-state index contributed by atoms with van der Waals surface area (Å²) in [6.07, 6.45) is 6.61. The molecule has 4 aliphatic heterocycles. The van der Waals surface area contributed by atoms with Crippen molar-refractivity contribution in [1.29, 1.82) is 0 Å². The molecule has 3 N–H and O–H groups in total. The van der Waals surface area contributed by atoms with Crippen molar-refractivity contribution in [2.24, 2.45) is 5.41 Å². The van der Waals surface area contributed by atoms with Crippen LogP contribution < -0.4 is 24.6 Å². The van der Waals surface area contributed by atoms with E-state index in [0.29, 0.717) is 60.6 Å². The van der Waals surface area contributed by atoms with Crippen LogP contribution in [-0.4, -0.2) is 143 Å². The van der Waals surface area contributed by atoms with Gasteiger partial charge in [0.05, 0.1) is 33.7 Å². The van der Waals surface area contributed by atoms with Gasteiger partial charge in [0, 0.05) is 93.7 Å². The molecule has 73 heavy (non-hydrogen) atoms. The number of fused-ring (bicyclic) bond motifs is 2. The highest BCUT2D eigenvalue weighted by atomic mass is 35.5. The monoisotopic (exact) mass is 1050 g/mol. The molecule has 0 bridgehead atoms. The molecule has 1 aliphatic carbocycles. The van der Waals surface area contributed by atoms with Crippen LogP contribution in [0, 0.1) is 15.5 Å². The van der Waals surface area contributed by atoms with Crippen LogP contribution in [-0.2, 0) is 14.8 Å². The first-order valence-corrected chi connectivity index (χ1v) is 26.8. The number of aromatic amines is 1. The maximum Gasteiger partial charge on any atom is 0.293 e. The van der Waals surface area contributed by atoms with E-state index < -0.39 is 56.5 Å². The van der Waals surface area contributed by atoms with Gasteiger partial charge >= 0.3 is 0 Å². The van der Waals surface area contributed by atoms with Crippen LogP contribution in [0.3, 0.4) is 0 Å². The van der Waals surface area contributed by atoms with Gasteiger partial charge in [-0.25, -0.2) is 26.3 Å². The number of hydrogen-bond acceptors (Lipinski definition) is 13. The van der Waals surface area contributed by atoms with E-state index >= 15 is 4.39 Å². The number of anilines is 4. The normalized spacial score (nSPS) is 19.5. The minimum Gasteiger partial charge on any atom is -0.474 e. The maximum absolute atomic E-state index is 15.4. The summed E-state index contributed by atoms with van der Waals surface area (Å²) in [6, 6.07) is 19.6. The summed E-state index contributed by atoms with van der Waals surface area (Å²) < 4.78 is 84.1. The Hall–Kier alpha value is -5.93. The molecule has 10 rings (SSSR count). The number of nitro groups is 1. The number of H-pyrrole nitrogens is 1. The number of carbonyl (C=O) groups excluding carboxylic acids is 1. The molecule has 2 aromatic heterocycles. The lowest BCUT2D eigenvalue weighted by Gasteiger charge is -2.47. The Labute approximate surface area is 427 Å². The number of sulfonamides is 1. The van der Waals surface area contributed by atoms with E-state index in [4.69, 9.17) is 21.1 Å². The van der Waals surface area contributed by atoms with E-state index in [2.05, 4.69) is 41.9 Å². The Morgan fingerprint density at radius 2 is 1.64 bits per heavy atom. The van der Waals surface area contributed by atoms with E-state index in [1.165, 1.54) is 17.2 Å². The molecule has 5 aromatic rings. The molecular formula is C52H59ClF3N9O7S. The Kier molecular flexibility index (Phi) is 14.6. The number of halogens is 4. The molecule has 0 saturated carbocycles. The SMILES string of the molecule is O=C(NS(=O)(=O)c1ccc(NCC2(F)CCOCC2)c([N+](=O)[O-])c1)c1ccc(N2CCN(CC3=C(c4ccc(Cl)cc4)CCC4(CCN(C(CF)CF)CC4)C3)CC2)cc1N1CCOc2nc3[nH]ccc3cc21. The van der Waals surface area contributed by atoms with Crippen LogP contribution >= 0.6 is 11.6 Å². The zero-order valence-corrected chi connectivity index (χ0v) is 42.0. The third kappa shape index (κ3) is 10.9. The molecule has 0 unspecified atom stereocenters. The van der Waals surface area contributed by atoms with E-state index in [9.17, 15) is 32.1 Å². The minimum absolute atomic E-state index is 0.0362. The second-order valence-corrected chi connectivity index (χ2v) is 22.1. The zero-order chi connectivity index (χ0) is 50.9. The zero-order valence-electron chi connectivity index (χ0n) is 40.4. The Morgan fingerprint density at radius 1 is 0.890 bits per heavy atom. The summed E-state index contributed by atoms with van der Waals surface area (Å²) in [6.45, 7) is 4.29. The number of rotatable bonds is 15. The van der Waals surface area contributed by atoms with Crippen molar-refractivity contribution in [3.63, 3.8) is 0 Å². The number of nitrogens with one attached hydrogen (secondary N) is 3. The van der Waals surface area contributed by atoms with Crippen LogP contribution in [0.2, 0.25) is 5.02 Å². The molecule has 3 fully saturated rings. The molecule has 6 heterocycles. The molecule has 5 aliphatic rings. The van der Waals surface area contributed by atoms with E-state index in [0.717, 1.165) is 80.5 Å². The van der Waals surface area contributed by atoms with Crippen LogP contribution in [0.5, 0.6) is 5.88 Å². The molecule has 388 valence electrons. The van der Waals surface area contributed by atoms with Gasteiger partial charge in [-0.05, 0) is 116 Å². The number of benzene rings is 3. The number of ether oxygens (including phenoxy) is 2. The average molecular weight is 1050 g/mol. The van der Waals surface area contributed by atoms with E-state index in [-0.39, 0.29) is 55.9 Å². The molecule has 3 aromatic carbocycles. The van der Waals surface area contributed by atoms with Crippen LogP contribution in [0.15, 0.2) is 89.5 Å². The number of amides is 1. The van der Waals surface area contributed by atoms with E-state index in [1.807, 2.05) is 40.1 Å². The van der Waals surface area contributed by atoms with Gasteiger partial charge < -0.3 is 29.6 Å². The topological polar surface area (TPSA) is 179 Å². The van der Waals surface area contributed by atoms with Crippen LogP contribution in [0.25, 0.3) is 16.6 Å². The second kappa shape index (κ2) is 21.1. The van der Waals surface area contributed by atoms with Crippen LogP contribution in [0.1, 0.15) is 60.9 Å². The fraction of sp³-hybridized carbons (Fsp3) is 0.462. The Bertz CT molecular complexity index is 2990. The molecule has 0 atom stereocenters. The fourth-order valence-electron chi connectivity index (χ4n) is 11.2. The highest BCUT2D eigenvalue weighted by molar-refractivity contribution is 7.90. The lowest BCUT2D eigenvalue weighted by atomic mass is 9.65. The highest BCUT2D eigenvalue weighted by Crippen LogP contribution is 2.50. The van der Waals surface area contributed by atoms with Gasteiger partial charge in [0.25, 0.3) is 21.6 Å². The minimum atomic E-state index is -4.68. The fourth-order valence-corrected chi connectivity index (χ4v) is 12.3. The Morgan fingerprint density at radius 3 is 2.37 bits per heavy atom. The van der Waals surface area contributed by atoms with E-state index in [1.54, 1.807) is 18.3 Å². The summed E-state index contributed by atoms with van der Waals surface area (Å²) in [5.41, 5.74) is 4.10. The number of carbonyl (C=O) groups is 1. The van der Waals surface area contributed by atoms with Crippen molar-refractivity contribution in [3.8, 4) is 5.88 Å². The summed E-state index contributed by atoms with van der Waals surface area (Å²) >= 11 is 6.32. The van der Waals surface area contributed by atoms with Crippen molar-refractivity contribution in [2.75, 3.05) is 107 Å². The Balaban J connectivity index is 0.895. The lowest BCUT2D eigenvalue weighted by molar-refractivity contribution is -0.384. The van der Waals surface area contributed by atoms with Gasteiger partial charge in [0.2, 0.25) is 5.88 Å². The van der Waals surface area contributed by atoms with Gasteiger partial charge in [0.1, 0.15) is 42.6 Å². The number of nitrogens with zero attached hydrogens (tertiary/aromatic N) is 6. The van der Waals surface area contributed by atoms with Gasteiger partial charge in [-0.15, -0.1) is 0 Å². The third-order valence-electron chi connectivity index (χ3n) is 15.5. The number of piperazine rings is 1. The predicted molar refractivity (Wildman–Crippen MR) is 275 cm³/mol. The van der Waals surface area contributed by atoms with Gasteiger partial charge in [-0.2, -0.15) is 4.98 Å². The second-order valence-electron chi connectivity index (χ2n) is 19.9. The number of pyridine rings is 1. The van der Waals surface area contributed by atoms with Crippen molar-refractivity contribution >= 4 is 72.6 Å². The summed E-state index contributed by atoms with van der Waals surface area (Å²) in [4.78, 5) is 41.7. The standard InChI is InChI=1S/C52H59ClF3N9O7S/c53-38-3-1-35(2-4-38)42-9-11-51(12-17-62(18-13-51)40(31-54)32-55)30-37(42)33-61-19-21-63(22-20-61)39-5-7-43(45(28-39)64-23-26-72-50-47(64)27-36-10-16-57-48(36)59-50)49(66)60-73(69,70)41-6-8-44(46(29-41)65(67)68)58-34-52(56)14-24-71-25-15-52/h1-8,10,16,27-29,40,58H,9,11-15,17-26,30-34H2,(H,57,59)(H,60,66). The van der Waals surface area contributed by atoms with Crippen molar-refractivity contribution in [3.05, 3.63) is 111 Å². The first-order valence-electron chi connectivity index (χ1n) is 24.9. The average Bonchev–Trinajstić information content (AvgIpc) is 3.86. The molecular weight excluding hydrogens is 987 g/mol. The number of hydrogen-bond donors (Lipinski definition) is 3. The van der Waals surface area contributed by atoms with Crippen LogP contribution in [0.4, 0.5) is 41.6 Å². The number of nitro benzene ring substituents is 1. The maximum atomic E-state index is 15.4. The van der Waals surface area contributed by atoms with Gasteiger partial charge in [-0.1, -0.05) is 29.3 Å². The first-order chi connectivity index (χ1) is 35.2. The highest BCUT2D eigenvalue weighted by Gasteiger charge is 2.41. The first kappa shape index (κ1) is 50.6. The number of likely N-dealkylation sites (tertiary alicyclic amines) is 1. The quantitative estimate of drug-likeness (QED) is 0.0670. The van der Waals surface area contributed by atoms with Gasteiger partial charge in [0.15, 0.2) is 0 Å². The van der Waals surface area contributed by atoms with Crippen molar-refractivity contribution in [2.45, 2.75) is 61.6 Å². The van der Waals surface area contributed by atoms with Gasteiger partial charge in [-0.3, -0.25) is 24.7 Å². The number of alkyl halides is 3. The molecule has 16 nitrogen and oxygen atoms in total. The predicted octanol–water partition coefficient (Wildman–Crippen LogP) is 8.85. The van der Waals surface area contributed by atoms with Crippen molar-refractivity contribution < 1.29 is 40.8 Å². The molecule has 1 spiro atoms. The van der Waals surface area contributed by atoms with Crippen molar-refractivity contribution in [1.82, 2.24) is 24.5 Å². The molecule has 1 amide bonds. The smallest absolute Gasteiger partial charge is 0.293 e. The molecule has 21 heteroatoms. The number of allylic oxidation sites excluding steroid dienone is 1. The molecule has 3 saturated heterocycles. The lowest BCUT2D eigenvalue weighted by Crippen LogP contribution is -2.49. The number of piperidine rings is 1. The summed E-state index contributed by atoms with van der Waals surface area (Å²) in [5, 5.41) is 16.5. The summed E-state index contributed by atoms with van der Waals surface area (Å²) in [7, 11) is -4.68. The molecule has 0 radical (unpaired) electrons. The number of aromatic nitrogens is 2. The summed E-state index contributed by atoms with van der Waals surface area (Å²) in [5.74, 6) is -0.620. The third-order valence-corrected chi connectivity index (χ3v) is 17.1. The largest absolute Gasteiger partial charge is 0.474 e.